The highest BCUT2D eigenvalue weighted by Crippen LogP contribution is 2.21. The minimum absolute atomic E-state index is 0.0593. The van der Waals surface area contributed by atoms with Gasteiger partial charge in [0.15, 0.2) is 6.61 Å². The van der Waals surface area contributed by atoms with Crippen LogP contribution in [0.4, 0.5) is 0 Å². The predicted octanol–water partition coefficient (Wildman–Crippen LogP) is 4.71. The number of nitrogens with one attached hydrogen (secondary N) is 1. The van der Waals surface area contributed by atoms with Crippen LogP contribution in [0.2, 0.25) is 0 Å². The Kier molecular flexibility index (Phi) is 9.10. The summed E-state index contributed by atoms with van der Waals surface area (Å²) in [6.07, 6.45) is 1.37. The monoisotopic (exact) mass is 424 g/mol. The second kappa shape index (κ2) is 11.5. The highest BCUT2D eigenvalue weighted by Gasteiger charge is 2.29. The molecule has 2 aromatic carbocycles. The molecule has 0 aromatic heterocycles. The average molecular weight is 425 g/mol. The Balaban J connectivity index is 2.23. The minimum Gasteiger partial charge on any atom is -0.483 e. The second-order valence-corrected chi connectivity index (χ2v) is 8.24. The van der Waals surface area contributed by atoms with Crippen molar-refractivity contribution in [2.45, 2.75) is 73.0 Å². The molecular weight excluding hydrogens is 388 g/mol. The van der Waals surface area contributed by atoms with Crippen LogP contribution in [0.3, 0.4) is 0 Å². The molecule has 0 aliphatic carbocycles. The molecule has 1 N–H and O–H groups in total. The fraction of sp³-hybridized carbons (Fsp3) is 0.462. The van der Waals surface area contributed by atoms with Crippen molar-refractivity contribution in [2.24, 2.45) is 0 Å². The van der Waals surface area contributed by atoms with Gasteiger partial charge in [-0.15, -0.1) is 0 Å². The summed E-state index contributed by atoms with van der Waals surface area (Å²) in [5, 5.41) is 3.03. The molecule has 0 saturated carbocycles. The van der Waals surface area contributed by atoms with E-state index in [2.05, 4.69) is 5.32 Å². The quantitative estimate of drug-likeness (QED) is 0.601. The predicted molar refractivity (Wildman–Crippen MR) is 125 cm³/mol. The molecule has 0 aliphatic rings. The van der Waals surface area contributed by atoms with Gasteiger partial charge in [0.2, 0.25) is 5.91 Å². The molecule has 0 unspecified atom stereocenters. The third-order valence-corrected chi connectivity index (χ3v) is 5.77. The Morgan fingerprint density at radius 1 is 1.00 bits per heavy atom. The van der Waals surface area contributed by atoms with Crippen LogP contribution >= 0.6 is 0 Å². The Hall–Kier alpha value is -2.82. The van der Waals surface area contributed by atoms with E-state index in [0.29, 0.717) is 18.7 Å². The van der Waals surface area contributed by atoms with Gasteiger partial charge in [0.05, 0.1) is 0 Å². The van der Waals surface area contributed by atoms with Gasteiger partial charge in [0.1, 0.15) is 11.8 Å². The molecule has 0 spiro atoms. The lowest BCUT2D eigenvalue weighted by molar-refractivity contribution is -0.143. The van der Waals surface area contributed by atoms with Gasteiger partial charge in [-0.25, -0.2) is 0 Å². The van der Waals surface area contributed by atoms with E-state index in [1.54, 1.807) is 4.90 Å². The maximum atomic E-state index is 13.3. The van der Waals surface area contributed by atoms with Crippen molar-refractivity contribution in [3.8, 4) is 5.75 Å². The van der Waals surface area contributed by atoms with Gasteiger partial charge in [-0.1, -0.05) is 55.8 Å². The smallest absolute Gasteiger partial charge is 0.261 e. The summed E-state index contributed by atoms with van der Waals surface area (Å²) < 4.78 is 5.87. The van der Waals surface area contributed by atoms with E-state index < -0.39 is 6.04 Å². The SMILES string of the molecule is CC[C@@H](C)NC(=O)[C@@H](CC)N(Cc1ccc(C)cc1)C(=O)COc1cccc(C)c1C. The van der Waals surface area contributed by atoms with Crippen LogP contribution in [0.1, 0.15) is 55.9 Å². The number of hydrogen-bond donors (Lipinski definition) is 1. The molecule has 2 atom stereocenters. The summed E-state index contributed by atoms with van der Waals surface area (Å²) in [6.45, 7) is 12.2. The van der Waals surface area contributed by atoms with Crippen molar-refractivity contribution in [3.63, 3.8) is 0 Å². The molecule has 5 nitrogen and oxygen atoms in total. The third kappa shape index (κ3) is 6.84. The summed E-state index contributed by atoms with van der Waals surface area (Å²) >= 11 is 0. The number of aryl methyl sites for hydroxylation is 2. The summed E-state index contributed by atoms with van der Waals surface area (Å²) in [7, 11) is 0. The first-order valence-corrected chi connectivity index (χ1v) is 11.1. The maximum Gasteiger partial charge on any atom is 0.261 e. The lowest BCUT2D eigenvalue weighted by Gasteiger charge is -2.31. The van der Waals surface area contributed by atoms with Crippen LogP contribution in [0, 0.1) is 20.8 Å². The van der Waals surface area contributed by atoms with Crippen molar-refractivity contribution in [2.75, 3.05) is 6.61 Å². The molecule has 2 rings (SSSR count). The number of carbonyl (C=O) groups excluding carboxylic acids is 2. The summed E-state index contributed by atoms with van der Waals surface area (Å²) in [6, 6.07) is 13.3. The lowest BCUT2D eigenvalue weighted by atomic mass is 10.1. The van der Waals surface area contributed by atoms with E-state index in [9.17, 15) is 9.59 Å². The van der Waals surface area contributed by atoms with Crippen molar-refractivity contribution in [1.82, 2.24) is 10.2 Å². The van der Waals surface area contributed by atoms with E-state index in [4.69, 9.17) is 4.74 Å². The molecule has 2 amide bonds. The summed E-state index contributed by atoms with van der Waals surface area (Å²) in [4.78, 5) is 27.9. The number of nitrogens with zero attached hydrogens (tertiary/aromatic N) is 1. The molecule has 0 saturated heterocycles. The second-order valence-electron chi connectivity index (χ2n) is 8.24. The zero-order valence-corrected chi connectivity index (χ0v) is 19.7. The average Bonchev–Trinajstić information content (AvgIpc) is 2.75. The molecule has 0 bridgehead atoms. The van der Waals surface area contributed by atoms with Crippen molar-refractivity contribution >= 4 is 11.8 Å². The van der Waals surface area contributed by atoms with Crippen LogP contribution < -0.4 is 10.1 Å². The van der Waals surface area contributed by atoms with Gasteiger partial charge in [-0.05, 0) is 63.3 Å². The van der Waals surface area contributed by atoms with E-state index in [1.165, 1.54) is 0 Å². The Morgan fingerprint density at radius 2 is 1.68 bits per heavy atom. The Morgan fingerprint density at radius 3 is 2.29 bits per heavy atom. The van der Waals surface area contributed by atoms with Gasteiger partial charge in [-0.3, -0.25) is 9.59 Å². The number of ether oxygens (including phenoxy) is 1. The molecule has 168 valence electrons. The minimum atomic E-state index is -0.551. The highest BCUT2D eigenvalue weighted by atomic mass is 16.5. The molecule has 0 heterocycles. The summed E-state index contributed by atoms with van der Waals surface area (Å²) in [5.41, 5.74) is 4.27. The van der Waals surface area contributed by atoms with Crippen LogP contribution in [0.5, 0.6) is 5.75 Å². The van der Waals surface area contributed by atoms with Crippen LogP contribution in [0.15, 0.2) is 42.5 Å². The third-order valence-electron chi connectivity index (χ3n) is 5.77. The Labute approximate surface area is 186 Å². The van der Waals surface area contributed by atoms with Gasteiger partial charge in [-0.2, -0.15) is 0 Å². The van der Waals surface area contributed by atoms with Gasteiger partial charge in [0.25, 0.3) is 5.91 Å². The number of rotatable bonds is 10. The zero-order valence-electron chi connectivity index (χ0n) is 19.7. The van der Waals surface area contributed by atoms with E-state index >= 15 is 0 Å². The number of benzene rings is 2. The number of carbonyl (C=O) groups is 2. The molecule has 0 radical (unpaired) electrons. The molecule has 5 heteroatoms. The molecule has 0 fully saturated rings. The van der Waals surface area contributed by atoms with Gasteiger partial charge >= 0.3 is 0 Å². The summed E-state index contributed by atoms with van der Waals surface area (Å²) in [5.74, 6) is 0.373. The topological polar surface area (TPSA) is 58.6 Å². The van der Waals surface area contributed by atoms with Crippen LogP contribution in [0.25, 0.3) is 0 Å². The molecule has 2 aromatic rings. The fourth-order valence-corrected chi connectivity index (χ4v) is 3.35. The number of hydrogen-bond acceptors (Lipinski definition) is 3. The van der Waals surface area contributed by atoms with Crippen LogP contribution in [-0.2, 0) is 16.1 Å². The standard InChI is InChI=1S/C26H36N2O3/c1-7-20(5)27-26(30)23(8-2)28(16-22-14-12-18(3)13-15-22)25(29)17-31-24-11-9-10-19(4)21(24)6/h9-15,20,23H,7-8,16-17H2,1-6H3,(H,27,30)/t20-,23-/m1/s1. The van der Waals surface area contributed by atoms with E-state index in [1.807, 2.05) is 84.0 Å². The highest BCUT2D eigenvalue weighted by molar-refractivity contribution is 5.88. The maximum absolute atomic E-state index is 13.3. The van der Waals surface area contributed by atoms with Crippen molar-refractivity contribution in [3.05, 3.63) is 64.7 Å². The van der Waals surface area contributed by atoms with E-state index in [0.717, 1.165) is 28.7 Å². The normalized spacial score (nSPS) is 12.7. The molecule has 0 aliphatic heterocycles. The zero-order chi connectivity index (χ0) is 23.0. The van der Waals surface area contributed by atoms with Crippen molar-refractivity contribution < 1.29 is 14.3 Å². The van der Waals surface area contributed by atoms with Crippen molar-refractivity contribution in [1.29, 1.82) is 0 Å². The van der Waals surface area contributed by atoms with Gasteiger partial charge in [0, 0.05) is 12.6 Å². The first kappa shape index (κ1) is 24.4. The molecular formula is C26H36N2O3. The van der Waals surface area contributed by atoms with Crippen LogP contribution in [-0.4, -0.2) is 35.4 Å². The molecule has 31 heavy (non-hydrogen) atoms. The lowest BCUT2D eigenvalue weighted by Crippen LogP contribution is -2.51. The number of amides is 2. The van der Waals surface area contributed by atoms with E-state index in [-0.39, 0.29) is 24.5 Å². The first-order valence-electron chi connectivity index (χ1n) is 11.1. The fourth-order valence-electron chi connectivity index (χ4n) is 3.35. The largest absolute Gasteiger partial charge is 0.483 e. The first-order chi connectivity index (χ1) is 14.8. The Bertz CT molecular complexity index is 877. The van der Waals surface area contributed by atoms with Gasteiger partial charge < -0.3 is 15.0 Å².